The molecule has 2 rings (SSSR count). The van der Waals surface area contributed by atoms with Crippen molar-refractivity contribution in [2.24, 2.45) is 16.5 Å². The third-order valence-corrected chi connectivity index (χ3v) is 4.34. The fourth-order valence-corrected chi connectivity index (χ4v) is 2.92. The zero-order valence-electron chi connectivity index (χ0n) is 15.3. The molecule has 1 atom stereocenters. The first kappa shape index (κ1) is 19.1. The number of aliphatic imine (C=N–C) groups is 1. The highest BCUT2D eigenvalue weighted by molar-refractivity contribution is 6.09. The molecule has 1 aliphatic rings. The van der Waals surface area contributed by atoms with Gasteiger partial charge in [0.25, 0.3) is 0 Å². The first-order chi connectivity index (χ1) is 12.2. The summed E-state index contributed by atoms with van der Waals surface area (Å²) in [6, 6.07) is 6.13. The van der Waals surface area contributed by atoms with Crippen LogP contribution in [0.15, 0.2) is 35.6 Å². The lowest BCUT2D eigenvalue weighted by atomic mass is 9.99. The standard InChI is InChI=1S/C20H30N4O/c1-3-23-12-17(11-21)16-7-8-19(15(2)10-16)20(22)14-24-13-18-6-4-5-9-25-18/h7-8,10-12,14,18,24H,3-6,9,13,21-22H2,1-2H3/b17-11+,20-14-,23-12?. The average Bonchev–Trinajstić information content (AvgIpc) is 2.63. The largest absolute Gasteiger partial charge is 0.404 e. The normalized spacial score (nSPS) is 19.4. The maximum absolute atomic E-state index is 6.24. The Balaban J connectivity index is 2.03. The fraction of sp³-hybridized carbons (Fsp3) is 0.450. The molecule has 1 saturated heterocycles. The second kappa shape index (κ2) is 9.89. The van der Waals surface area contributed by atoms with Gasteiger partial charge in [-0.1, -0.05) is 18.2 Å². The molecule has 0 aliphatic carbocycles. The van der Waals surface area contributed by atoms with Crippen LogP contribution >= 0.6 is 0 Å². The van der Waals surface area contributed by atoms with Crippen LogP contribution in [0, 0.1) is 6.92 Å². The van der Waals surface area contributed by atoms with Gasteiger partial charge in [0, 0.05) is 49.4 Å². The molecule has 1 aromatic carbocycles. The highest BCUT2D eigenvalue weighted by Crippen LogP contribution is 2.20. The zero-order chi connectivity index (χ0) is 18.1. The molecule has 1 aliphatic heterocycles. The highest BCUT2D eigenvalue weighted by atomic mass is 16.5. The molecule has 1 unspecified atom stereocenters. The number of benzene rings is 1. The second-order valence-electron chi connectivity index (χ2n) is 6.28. The van der Waals surface area contributed by atoms with Crippen molar-refractivity contribution in [1.82, 2.24) is 5.32 Å². The summed E-state index contributed by atoms with van der Waals surface area (Å²) in [5, 5.41) is 3.29. The fourth-order valence-electron chi connectivity index (χ4n) is 2.92. The molecule has 136 valence electrons. The van der Waals surface area contributed by atoms with Gasteiger partial charge in [-0.25, -0.2) is 0 Å². The molecule has 0 spiro atoms. The van der Waals surface area contributed by atoms with Crippen LogP contribution < -0.4 is 16.8 Å². The Morgan fingerprint density at radius 1 is 1.40 bits per heavy atom. The van der Waals surface area contributed by atoms with Crippen molar-refractivity contribution in [3.63, 3.8) is 0 Å². The van der Waals surface area contributed by atoms with Crippen molar-refractivity contribution in [1.29, 1.82) is 0 Å². The van der Waals surface area contributed by atoms with Gasteiger partial charge < -0.3 is 21.5 Å². The van der Waals surface area contributed by atoms with E-state index in [1.807, 2.05) is 25.3 Å². The van der Waals surface area contributed by atoms with Gasteiger partial charge in [-0.2, -0.15) is 0 Å². The highest BCUT2D eigenvalue weighted by Gasteiger charge is 2.12. The molecule has 5 nitrogen and oxygen atoms in total. The van der Waals surface area contributed by atoms with E-state index >= 15 is 0 Å². The third-order valence-electron chi connectivity index (χ3n) is 4.34. The lowest BCUT2D eigenvalue weighted by molar-refractivity contribution is 0.0188. The number of rotatable bonds is 7. The summed E-state index contributed by atoms with van der Waals surface area (Å²) in [6.07, 6.45) is 9.07. The van der Waals surface area contributed by atoms with E-state index < -0.39 is 0 Å². The van der Waals surface area contributed by atoms with Gasteiger partial charge in [-0.15, -0.1) is 0 Å². The number of ether oxygens (including phenoxy) is 1. The molecule has 0 radical (unpaired) electrons. The summed E-state index contributed by atoms with van der Waals surface area (Å²) >= 11 is 0. The van der Waals surface area contributed by atoms with Crippen LogP contribution in [0.25, 0.3) is 11.3 Å². The van der Waals surface area contributed by atoms with Crippen molar-refractivity contribution in [2.45, 2.75) is 39.2 Å². The molecular weight excluding hydrogens is 312 g/mol. The second-order valence-corrected chi connectivity index (χ2v) is 6.28. The number of hydrogen-bond donors (Lipinski definition) is 3. The van der Waals surface area contributed by atoms with Gasteiger partial charge in [0.05, 0.1) is 11.8 Å². The maximum Gasteiger partial charge on any atom is 0.0747 e. The minimum Gasteiger partial charge on any atom is -0.404 e. The molecule has 1 fully saturated rings. The predicted octanol–water partition coefficient (Wildman–Crippen LogP) is 2.80. The Morgan fingerprint density at radius 2 is 2.24 bits per heavy atom. The van der Waals surface area contributed by atoms with Gasteiger partial charge in [-0.05, 0) is 44.2 Å². The number of hydrogen-bond acceptors (Lipinski definition) is 5. The van der Waals surface area contributed by atoms with Crippen molar-refractivity contribution < 1.29 is 4.74 Å². The van der Waals surface area contributed by atoms with E-state index in [1.165, 1.54) is 12.8 Å². The monoisotopic (exact) mass is 342 g/mol. The van der Waals surface area contributed by atoms with Crippen LogP contribution in [0.5, 0.6) is 0 Å². The number of nitrogens with one attached hydrogen (secondary N) is 1. The van der Waals surface area contributed by atoms with Crippen LogP contribution in [0.3, 0.4) is 0 Å². The van der Waals surface area contributed by atoms with Crippen LogP contribution in [0.2, 0.25) is 0 Å². The lowest BCUT2D eigenvalue weighted by Crippen LogP contribution is -2.29. The topological polar surface area (TPSA) is 85.7 Å². The Hall–Kier alpha value is -2.27. The van der Waals surface area contributed by atoms with Crippen LogP contribution in [-0.2, 0) is 4.74 Å². The molecule has 1 heterocycles. The quantitative estimate of drug-likeness (QED) is 0.665. The molecule has 5 N–H and O–H groups in total. The minimum absolute atomic E-state index is 0.288. The minimum atomic E-state index is 0.288. The molecule has 1 aromatic rings. The van der Waals surface area contributed by atoms with Gasteiger partial charge in [0.2, 0.25) is 0 Å². The van der Waals surface area contributed by atoms with E-state index in [4.69, 9.17) is 16.2 Å². The Bertz CT molecular complexity index is 643. The van der Waals surface area contributed by atoms with Gasteiger partial charge >= 0.3 is 0 Å². The summed E-state index contributed by atoms with van der Waals surface area (Å²) in [5.41, 5.74) is 16.8. The summed E-state index contributed by atoms with van der Waals surface area (Å²) in [5.74, 6) is 0. The van der Waals surface area contributed by atoms with Gasteiger partial charge in [0.1, 0.15) is 0 Å². The van der Waals surface area contributed by atoms with Crippen LogP contribution in [-0.4, -0.2) is 32.0 Å². The molecular formula is C20H30N4O. The average molecular weight is 342 g/mol. The number of allylic oxidation sites excluding steroid dienone is 1. The Labute approximate surface area is 150 Å². The molecule has 0 amide bonds. The first-order valence-corrected chi connectivity index (χ1v) is 8.99. The third kappa shape index (κ3) is 5.64. The number of aryl methyl sites for hydroxylation is 1. The van der Waals surface area contributed by atoms with Crippen LogP contribution in [0.1, 0.15) is 42.9 Å². The van der Waals surface area contributed by atoms with E-state index in [1.54, 1.807) is 12.4 Å². The molecule has 0 aromatic heterocycles. The summed E-state index contributed by atoms with van der Waals surface area (Å²) in [7, 11) is 0. The lowest BCUT2D eigenvalue weighted by Gasteiger charge is -2.22. The van der Waals surface area contributed by atoms with Crippen molar-refractivity contribution in [3.05, 3.63) is 47.3 Å². The Kier molecular flexibility index (Phi) is 7.54. The van der Waals surface area contributed by atoms with Crippen molar-refractivity contribution >= 4 is 17.5 Å². The smallest absolute Gasteiger partial charge is 0.0747 e. The summed E-state index contributed by atoms with van der Waals surface area (Å²) in [6.45, 7) is 6.45. The maximum atomic E-state index is 6.24. The molecule has 0 saturated carbocycles. The Morgan fingerprint density at radius 3 is 2.88 bits per heavy atom. The van der Waals surface area contributed by atoms with Crippen molar-refractivity contribution in [3.8, 4) is 0 Å². The van der Waals surface area contributed by atoms with Crippen molar-refractivity contribution in [2.75, 3.05) is 19.7 Å². The summed E-state index contributed by atoms with van der Waals surface area (Å²) in [4.78, 5) is 4.26. The van der Waals surface area contributed by atoms with E-state index in [-0.39, 0.29) is 6.10 Å². The predicted molar refractivity (Wildman–Crippen MR) is 106 cm³/mol. The summed E-state index contributed by atoms with van der Waals surface area (Å²) < 4.78 is 5.71. The number of nitrogens with zero attached hydrogens (tertiary/aromatic N) is 1. The SMILES string of the molecule is CCN=C/C(=C\N)c1ccc(/C(N)=C/NCC2CCCCO2)c(C)c1. The van der Waals surface area contributed by atoms with Gasteiger partial charge in [-0.3, -0.25) is 4.99 Å². The first-order valence-electron chi connectivity index (χ1n) is 8.99. The number of nitrogens with two attached hydrogens (primary N) is 2. The van der Waals surface area contributed by atoms with E-state index in [2.05, 4.69) is 23.3 Å². The molecule has 5 heteroatoms. The zero-order valence-corrected chi connectivity index (χ0v) is 15.3. The molecule has 0 bridgehead atoms. The molecule has 25 heavy (non-hydrogen) atoms. The van der Waals surface area contributed by atoms with Crippen LogP contribution in [0.4, 0.5) is 0 Å². The van der Waals surface area contributed by atoms with E-state index in [0.29, 0.717) is 0 Å². The van der Waals surface area contributed by atoms with Gasteiger partial charge in [0.15, 0.2) is 0 Å². The van der Waals surface area contributed by atoms with E-state index in [9.17, 15) is 0 Å². The van der Waals surface area contributed by atoms with E-state index in [0.717, 1.165) is 54.1 Å².